The summed E-state index contributed by atoms with van der Waals surface area (Å²) < 4.78 is 37.4. The standard InChI is InChI=1S/C11H13F3N2O2/c1-10(2,15)9(18)16-7-5-6(11(12,13)14)3-4-8(7)17/h3-5,17H,15H2,1-2H3,(H,16,18). The molecule has 0 fully saturated rings. The molecule has 0 bridgehead atoms. The number of amides is 1. The summed E-state index contributed by atoms with van der Waals surface area (Å²) >= 11 is 0. The molecule has 0 saturated heterocycles. The quantitative estimate of drug-likeness (QED) is 0.714. The molecule has 100 valence electrons. The predicted octanol–water partition coefficient (Wildman–Crippen LogP) is 2.09. The number of rotatable bonds is 2. The van der Waals surface area contributed by atoms with Gasteiger partial charge in [0.05, 0.1) is 16.8 Å². The number of nitrogens with one attached hydrogen (secondary N) is 1. The second-order valence-corrected chi connectivity index (χ2v) is 4.41. The molecule has 7 heteroatoms. The minimum atomic E-state index is -4.55. The summed E-state index contributed by atoms with van der Waals surface area (Å²) in [6.45, 7) is 2.79. The third kappa shape index (κ3) is 3.36. The van der Waals surface area contributed by atoms with E-state index in [4.69, 9.17) is 5.73 Å². The summed E-state index contributed by atoms with van der Waals surface area (Å²) in [5, 5.41) is 11.5. The van der Waals surface area contributed by atoms with Gasteiger partial charge in [-0.3, -0.25) is 4.79 Å². The molecule has 1 aromatic rings. The van der Waals surface area contributed by atoms with Gasteiger partial charge in [-0.05, 0) is 32.0 Å². The minimum Gasteiger partial charge on any atom is -0.506 e. The first-order valence-electron chi connectivity index (χ1n) is 5.02. The van der Waals surface area contributed by atoms with E-state index in [1.807, 2.05) is 0 Å². The molecule has 0 spiro atoms. The molecular weight excluding hydrogens is 249 g/mol. The van der Waals surface area contributed by atoms with Crippen molar-refractivity contribution in [1.82, 2.24) is 0 Å². The van der Waals surface area contributed by atoms with E-state index in [1.54, 1.807) is 0 Å². The number of nitrogens with two attached hydrogens (primary N) is 1. The number of benzene rings is 1. The number of phenolic OH excluding ortho intramolecular Hbond substituents is 1. The van der Waals surface area contributed by atoms with Crippen molar-refractivity contribution in [2.24, 2.45) is 5.73 Å². The van der Waals surface area contributed by atoms with Crippen molar-refractivity contribution in [3.05, 3.63) is 23.8 Å². The number of hydrogen-bond donors (Lipinski definition) is 3. The van der Waals surface area contributed by atoms with Crippen LogP contribution in [0.1, 0.15) is 19.4 Å². The zero-order valence-electron chi connectivity index (χ0n) is 9.80. The Hall–Kier alpha value is -1.76. The second-order valence-electron chi connectivity index (χ2n) is 4.41. The molecule has 0 radical (unpaired) electrons. The van der Waals surface area contributed by atoms with Gasteiger partial charge in [0.15, 0.2) is 0 Å². The molecule has 0 unspecified atom stereocenters. The number of carbonyl (C=O) groups is 1. The van der Waals surface area contributed by atoms with Gasteiger partial charge in [0.1, 0.15) is 5.75 Å². The molecule has 4 nitrogen and oxygen atoms in total. The summed E-state index contributed by atoms with van der Waals surface area (Å²) in [5.41, 5.74) is 2.93. The molecule has 0 aliphatic heterocycles. The average molecular weight is 262 g/mol. The van der Waals surface area contributed by atoms with Crippen LogP contribution in [0.4, 0.5) is 18.9 Å². The molecule has 0 atom stereocenters. The van der Waals surface area contributed by atoms with E-state index in [1.165, 1.54) is 13.8 Å². The van der Waals surface area contributed by atoms with Gasteiger partial charge < -0.3 is 16.2 Å². The molecule has 1 aromatic carbocycles. The van der Waals surface area contributed by atoms with Gasteiger partial charge in [-0.1, -0.05) is 0 Å². The van der Waals surface area contributed by atoms with E-state index in [-0.39, 0.29) is 5.69 Å². The highest BCUT2D eigenvalue weighted by atomic mass is 19.4. The summed E-state index contributed by atoms with van der Waals surface area (Å²) in [6, 6.07) is 2.24. The number of anilines is 1. The minimum absolute atomic E-state index is 0.326. The topological polar surface area (TPSA) is 75.4 Å². The largest absolute Gasteiger partial charge is 0.506 e. The van der Waals surface area contributed by atoms with Gasteiger partial charge in [-0.25, -0.2) is 0 Å². The van der Waals surface area contributed by atoms with Crippen LogP contribution in [0.15, 0.2) is 18.2 Å². The smallest absolute Gasteiger partial charge is 0.416 e. The van der Waals surface area contributed by atoms with Crippen LogP contribution in [0.5, 0.6) is 5.75 Å². The van der Waals surface area contributed by atoms with Crippen molar-refractivity contribution in [3.63, 3.8) is 0 Å². The molecule has 18 heavy (non-hydrogen) atoms. The van der Waals surface area contributed by atoms with Crippen molar-refractivity contribution in [3.8, 4) is 5.75 Å². The number of phenols is 1. The van der Waals surface area contributed by atoms with E-state index in [0.717, 1.165) is 12.1 Å². The molecule has 0 aromatic heterocycles. The monoisotopic (exact) mass is 262 g/mol. The summed E-state index contributed by atoms with van der Waals surface area (Å²) in [4.78, 5) is 11.5. The van der Waals surface area contributed by atoms with Crippen LogP contribution < -0.4 is 11.1 Å². The van der Waals surface area contributed by atoms with Gasteiger partial charge in [-0.2, -0.15) is 13.2 Å². The van der Waals surface area contributed by atoms with Crippen LogP contribution in [-0.2, 0) is 11.0 Å². The molecule has 1 amide bonds. The van der Waals surface area contributed by atoms with Crippen molar-refractivity contribution in [2.45, 2.75) is 25.6 Å². The van der Waals surface area contributed by atoms with Crippen LogP contribution >= 0.6 is 0 Å². The molecule has 0 aliphatic carbocycles. The first kappa shape index (κ1) is 14.3. The van der Waals surface area contributed by atoms with Gasteiger partial charge in [0.25, 0.3) is 0 Å². The predicted molar refractivity (Wildman–Crippen MR) is 60.0 cm³/mol. The Morgan fingerprint density at radius 2 is 1.89 bits per heavy atom. The van der Waals surface area contributed by atoms with Crippen LogP contribution in [-0.4, -0.2) is 16.6 Å². The maximum Gasteiger partial charge on any atom is 0.416 e. The Kier molecular flexibility index (Phi) is 3.57. The molecule has 0 saturated carbocycles. The summed E-state index contributed by atoms with van der Waals surface area (Å²) in [7, 11) is 0. The fourth-order valence-corrected chi connectivity index (χ4v) is 1.10. The number of aromatic hydroxyl groups is 1. The average Bonchev–Trinajstić information content (AvgIpc) is 2.18. The van der Waals surface area contributed by atoms with E-state index in [2.05, 4.69) is 5.32 Å². The van der Waals surface area contributed by atoms with Crippen molar-refractivity contribution in [1.29, 1.82) is 0 Å². The molecule has 4 N–H and O–H groups in total. The zero-order chi connectivity index (χ0) is 14.1. The Morgan fingerprint density at radius 3 is 2.33 bits per heavy atom. The first-order valence-corrected chi connectivity index (χ1v) is 5.02. The third-order valence-electron chi connectivity index (χ3n) is 2.16. The Labute approximate surface area is 102 Å². The van der Waals surface area contributed by atoms with Crippen molar-refractivity contribution < 1.29 is 23.1 Å². The number of halogens is 3. The lowest BCUT2D eigenvalue weighted by Gasteiger charge is -2.19. The highest BCUT2D eigenvalue weighted by Crippen LogP contribution is 2.34. The molecular formula is C11H13F3N2O2. The van der Waals surface area contributed by atoms with Gasteiger partial charge in [0.2, 0.25) is 5.91 Å². The summed E-state index contributed by atoms with van der Waals surface area (Å²) in [5.74, 6) is -1.15. The lowest BCUT2D eigenvalue weighted by atomic mass is 10.1. The SMILES string of the molecule is CC(C)(N)C(=O)Nc1cc(C(F)(F)F)ccc1O. The summed E-state index contributed by atoms with van der Waals surface area (Å²) in [6.07, 6.45) is -4.55. The van der Waals surface area contributed by atoms with Crippen LogP contribution in [0, 0.1) is 0 Å². The lowest BCUT2D eigenvalue weighted by Crippen LogP contribution is -2.45. The Bertz CT molecular complexity index is 464. The van der Waals surface area contributed by atoms with E-state index in [9.17, 15) is 23.1 Å². The molecule has 1 rings (SSSR count). The van der Waals surface area contributed by atoms with Crippen molar-refractivity contribution in [2.75, 3.05) is 5.32 Å². The maximum atomic E-state index is 12.5. The number of carbonyl (C=O) groups excluding carboxylic acids is 1. The fraction of sp³-hybridized carbons (Fsp3) is 0.364. The Morgan fingerprint density at radius 1 is 1.33 bits per heavy atom. The fourth-order valence-electron chi connectivity index (χ4n) is 1.10. The van der Waals surface area contributed by atoms with Crippen LogP contribution in [0.3, 0.4) is 0 Å². The third-order valence-corrected chi connectivity index (χ3v) is 2.16. The molecule has 0 heterocycles. The van der Waals surface area contributed by atoms with Crippen LogP contribution in [0.2, 0.25) is 0 Å². The highest BCUT2D eigenvalue weighted by Gasteiger charge is 2.31. The number of alkyl halides is 3. The van der Waals surface area contributed by atoms with E-state index in [0.29, 0.717) is 6.07 Å². The van der Waals surface area contributed by atoms with Gasteiger partial charge >= 0.3 is 6.18 Å². The van der Waals surface area contributed by atoms with Crippen molar-refractivity contribution >= 4 is 11.6 Å². The van der Waals surface area contributed by atoms with Gasteiger partial charge in [0, 0.05) is 0 Å². The second kappa shape index (κ2) is 4.49. The molecule has 0 aliphatic rings. The van der Waals surface area contributed by atoms with E-state index < -0.39 is 28.9 Å². The van der Waals surface area contributed by atoms with Gasteiger partial charge in [-0.15, -0.1) is 0 Å². The normalized spacial score (nSPS) is 12.3. The maximum absolute atomic E-state index is 12.5. The van der Waals surface area contributed by atoms with Crippen LogP contribution in [0.25, 0.3) is 0 Å². The first-order chi connectivity index (χ1) is 8.01. The highest BCUT2D eigenvalue weighted by molar-refractivity contribution is 5.98. The van der Waals surface area contributed by atoms with E-state index >= 15 is 0 Å². The number of hydrogen-bond acceptors (Lipinski definition) is 3. The lowest BCUT2D eigenvalue weighted by molar-refractivity contribution is -0.137. The zero-order valence-corrected chi connectivity index (χ0v) is 9.80. The Balaban J connectivity index is 3.06.